The molecule has 1 aromatic heterocycles. The Hall–Kier alpha value is -0.650. The maximum atomic E-state index is 6.08. The van der Waals surface area contributed by atoms with Crippen molar-refractivity contribution in [3.8, 4) is 0 Å². The summed E-state index contributed by atoms with van der Waals surface area (Å²) >= 11 is 1.66. The van der Waals surface area contributed by atoms with Crippen LogP contribution in [0.3, 0.4) is 0 Å². The lowest BCUT2D eigenvalue weighted by Gasteiger charge is -2.16. The third-order valence-electron chi connectivity index (χ3n) is 2.53. The summed E-state index contributed by atoms with van der Waals surface area (Å²) in [5.41, 5.74) is 6.08. The Balaban J connectivity index is 1.77. The molecule has 0 radical (unpaired) electrons. The van der Waals surface area contributed by atoms with E-state index in [0.717, 1.165) is 30.4 Å². The molecule has 0 bridgehead atoms. The van der Waals surface area contributed by atoms with E-state index < -0.39 is 0 Å². The number of rotatable bonds is 4. The average molecular weight is 225 g/mol. The van der Waals surface area contributed by atoms with Gasteiger partial charge in [-0.2, -0.15) is 0 Å². The minimum Gasteiger partial charge on any atom is -0.381 e. The van der Waals surface area contributed by atoms with Gasteiger partial charge in [0.2, 0.25) is 0 Å². The molecule has 1 saturated heterocycles. The molecule has 0 amide bonds. The van der Waals surface area contributed by atoms with Crippen molar-refractivity contribution in [2.24, 2.45) is 11.7 Å². The van der Waals surface area contributed by atoms with Gasteiger partial charge in [0, 0.05) is 36.7 Å². The van der Waals surface area contributed by atoms with E-state index in [1.54, 1.807) is 30.4 Å². The highest BCUT2D eigenvalue weighted by atomic mass is 32.2. The molecule has 2 heterocycles. The Kier molecular flexibility index (Phi) is 3.94. The molecule has 1 aliphatic heterocycles. The first kappa shape index (κ1) is 10.9. The monoisotopic (exact) mass is 225 g/mol. The van der Waals surface area contributed by atoms with Crippen LogP contribution in [0, 0.1) is 5.92 Å². The van der Waals surface area contributed by atoms with E-state index >= 15 is 0 Å². The zero-order chi connectivity index (χ0) is 10.5. The van der Waals surface area contributed by atoms with Crippen LogP contribution in [0.1, 0.15) is 6.42 Å². The van der Waals surface area contributed by atoms with Crippen molar-refractivity contribution in [3.05, 3.63) is 18.6 Å². The average Bonchev–Trinajstić information content (AvgIpc) is 2.81. The van der Waals surface area contributed by atoms with Crippen molar-refractivity contribution < 1.29 is 4.74 Å². The standard InChI is InChI=1S/C10H15N3OS/c11-9(8-1-4-14-6-8)7-15-10-5-12-2-3-13-10/h2-3,5,8-9H,1,4,6-7,11H2. The zero-order valence-corrected chi connectivity index (χ0v) is 9.32. The van der Waals surface area contributed by atoms with Crippen molar-refractivity contribution in [3.63, 3.8) is 0 Å². The predicted molar refractivity (Wildman–Crippen MR) is 59.7 cm³/mol. The molecule has 0 aromatic carbocycles. The molecule has 0 aliphatic carbocycles. The van der Waals surface area contributed by atoms with E-state index in [4.69, 9.17) is 10.5 Å². The number of thioether (sulfide) groups is 1. The van der Waals surface area contributed by atoms with Gasteiger partial charge in [0.1, 0.15) is 5.03 Å². The summed E-state index contributed by atoms with van der Waals surface area (Å²) in [6.07, 6.45) is 6.23. The first-order chi connectivity index (χ1) is 7.36. The van der Waals surface area contributed by atoms with Crippen LogP contribution in [0.15, 0.2) is 23.6 Å². The SMILES string of the molecule is NC(CSc1cnccn1)C1CCOC1. The Morgan fingerprint density at radius 3 is 3.20 bits per heavy atom. The highest BCUT2D eigenvalue weighted by Gasteiger charge is 2.22. The summed E-state index contributed by atoms with van der Waals surface area (Å²) in [7, 11) is 0. The van der Waals surface area contributed by atoms with E-state index in [9.17, 15) is 0 Å². The predicted octanol–water partition coefficient (Wildman–Crippen LogP) is 0.932. The molecule has 5 heteroatoms. The summed E-state index contributed by atoms with van der Waals surface area (Å²) in [4.78, 5) is 8.20. The Morgan fingerprint density at radius 2 is 2.53 bits per heavy atom. The fourth-order valence-electron chi connectivity index (χ4n) is 1.57. The maximum absolute atomic E-state index is 6.08. The highest BCUT2D eigenvalue weighted by Crippen LogP contribution is 2.21. The smallest absolute Gasteiger partial charge is 0.114 e. The molecule has 4 nitrogen and oxygen atoms in total. The minimum absolute atomic E-state index is 0.194. The van der Waals surface area contributed by atoms with Crippen LogP contribution in [-0.2, 0) is 4.74 Å². The van der Waals surface area contributed by atoms with Gasteiger partial charge in [-0.15, -0.1) is 11.8 Å². The molecule has 0 saturated carbocycles. The largest absolute Gasteiger partial charge is 0.381 e. The number of nitrogens with two attached hydrogens (primary N) is 1. The third-order valence-corrected chi connectivity index (χ3v) is 3.59. The van der Waals surface area contributed by atoms with Crippen molar-refractivity contribution in [2.75, 3.05) is 19.0 Å². The second-order valence-corrected chi connectivity index (χ2v) is 4.68. The van der Waals surface area contributed by atoms with Crippen molar-refractivity contribution in [1.82, 2.24) is 9.97 Å². The first-order valence-electron chi connectivity index (χ1n) is 5.08. The van der Waals surface area contributed by atoms with Gasteiger partial charge in [-0.05, 0) is 6.42 Å². The molecule has 2 N–H and O–H groups in total. The van der Waals surface area contributed by atoms with E-state index in [1.165, 1.54) is 0 Å². The normalized spacial score (nSPS) is 22.9. The summed E-state index contributed by atoms with van der Waals surface area (Å²) in [6.45, 7) is 1.66. The minimum atomic E-state index is 0.194. The molecule has 15 heavy (non-hydrogen) atoms. The van der Waals surface area contributed by atoms with Gasteiger partial charge < -0.3 is 10.5 Å². The molecule has 2 atom stereocenters. The fourth-order valence-corrected chi connectivity index (χ4v) is 2.47. The molecule has 2 unspecified atom stereocenters. The van der Waals surface area contributed by atoms with E-state index in [1.807, 2.05) is 0 Å². The molecule has 1 fully saturated rings. The van der Waals surface area contributed by atoms with Gasteiger partial charge in [0.05, 0.1) is 12.8 Å². The number of hydrogen-bond donors (Lipinski definition) is 1. The van der Waals surface area contributed by atoms with E-state index in [2.05, 4.69) is 9.97 Å². The second kappa shape index (κ2) is 5.44. The molecular formula is C10H15N3OS. The molecule has 1 aliphatic rings. The Labute approximate surface area is 93.6 Å². The van der Waals surface area contributed by atoms with Crippen molar-refractivity contribution in [1.29, 1.82) is 0 Å². The van der Waals surface area contributed by atoms with Crippen LogP contribution >= 0.6 is 11.8 Å². The van der Waals surface area contributed by atoms with Crippen LogP contribution in [0.2, 0.25) is 0 Å². The number of aromatic nitrogens is 2. The van der Waals surface area contributed by atoms with Gasteiger partial charge >= 0.3 is 0 Å². The van der Waals surface area contributed by atoms with Crippen LogP contribution < -0.4 is 5.73 Å². The number of nitrogens with zero attached hydrogens (tertiary/aromatic N) is 2. The van der Waals surface area contributed by atoms with Crippen molar-refractivity contribution >= 4 is 11.8 Å². The van der Waals surface area contributed by atoms with Crippen LogP contribution in [0.4, 0.5) is 0 Å². The summed E-state index contributed by atoms with van der Waals surface area (Å²) in [6, 6.07) is 0.194. The van der Waals surface area contributed by atoms with Crippen LogP contribution in [-0.4, -0.2) is 35.0 Å². The topological polar surface area (TPSA) is 61.0 Å². The molecular weight excluding hydrogens is 210 g/mol. The molecule has 0 spiro atoms. The Bertz CT molecular complexity index is 290. The third kappa shape index (κ3) is 3.15. The summed E-state index contributed by atoms with van der Waals surface area (Å²) in [5, 5.41) is 0.937. The van der Waals surface area contributed by atoms with Gasteiger partial charge in [0.15, 0.2) is 0 Å². The van der Waals surface area contributed by atoms with Crippen molar-refractivity contribution in [2.45, 2.75) is 17.5 Å². The maximum Gasteiger partial charge on any atom is 0.114 e. The van der Waals surface area contributed by atoms with Crippen LogP contribution in [0.25, 0.3) is 0 Å². The zero-order valence-electron chi connectivity index (χ0n) is 8.50. The Morgan fingerprint density at radius 1 is 1.60 bits per heavy atom. The summed E-state index contributed by atoms with van der Waals surface area (Å²) < 4.78 is 5.31. The lowest BCUT2D eigenvalue weighted by Crippen LogP contribution is -2.32. The van der Waals surface area contributed by atoms with Gasteiger partial charge in [-0.3, -0.25) is 4.98 Å². The number of hydrogen-bond acceptors (Lipinski definition) is 5. The van der Waals surface area contributed by atoms with Crippen LogP contribution in [0.5, 0.6) is 0 Å². The summed E-state index contributed by atoms with van der Waals surface area (Å²) in [5.74, 6) is 1.39. The van der Waals surface area contributed by atoms with E-state index in [-0.39, 0.29) is 6.04 Å². The van der Waals surface area contributed by atoms with Gasteiger partial charge in [-0.1, -0.05) is 0 Å². The molecule has 82 valence electrons. The lowest BCUT2D eigenvalue weighted by molar-refractivity contribution is 0.182. The molecule has 2 rings (SSSR count). The first-order valence-corrected chi connectivity index (χ1v) is 6.07. The number of ether oxygens (including phenoxy) is 1. The lowest BCUT2D eigenvalue weighted by atomic mass is 10.0. The van der Waals surface area contributed by atoms with E-state index in [0.29, 0.717) is 5.92 Å². The van der Waals surface area contributed by atoms with Gasteiger partial charge in [0.25, 0.3) is 0 Å². The fraction of sp³-hybridized carbons (Fsp3) is 0.600. The second-order valence-electron chi connectivity index (χ2n) is 3.64. The molecule has 1 aromatic rings. The highest BCUT2D eigenvalue weighted by molar-refractivity contribution is 7.99. The van der Waals surface area contributed by atoms with Gasteiger partial charge in [-0.25, -0.2) is 4.98 Å². The quantitative estimate of drug-likeness (QED) is 0.772.